The average molecular weight is 364 g/mol. The van der Waals surface area contributed by atoms with Crippen molar-refractivity contribution in [3.8, 4) is 5.88 Å². The molecule has 1 aliphatic heterocycles. The molecule has 1 N–H and O–H groups in total. The van der Waals surface area contributed by atoms with E-state index in [1.807, 2.05) is 0 Å². The van der Waals surface area contributed by atoms with E-state index in [2.05, 4.69) is 36.0 Å². The van der Waals surface area contributed by atoms with Gasteiger partial charge in [0.1, 0.15) is 12.2 Å². The Morgan fingerprint density at radius 1 is 1.35 bits per heavy atom. The van der Waals surface area contributed by atoms with Crippen molar-refractivity contribution in [2.24, 2.45) is 11.8 Å². The van der Waals surface area contributed by atoms with E-state index < -0.39 is 0 Å². The lowest BCUT2D eigenvalue weighted by Gasteiger charge is -2.38. The van der Waals surface area contributed by atoms with Crippen molar-refractivity contribution in [2.45, 2.75) is 39.7 Å². The van der Waals surface area contributed by atoms with Crippen molar-refractivity contribution < 1.29 is 14.3 Å². The van der Waals surface area contributed by atoms with E-state index in [0.29, 0.717) is 43.2 Å². The van der Waals surface area contributed by atoms with E-state index in [1.54, 1.807) is 25.4 Å². The first-order chi connectivity index (χ1) is 12.5. The second kappa shape index (κ2) is 10.5. The summed E-state index contributed by atoms with van der Waals surface area (Å²) < 4.78 is 10.6. The highest BCUT2D eigenvalue weighted by molar-refractivity contribution is 5.96. The van der Waals surface area contributed by atoms with Gasteiger partial charge in [0, 0.05) is 25.9 Å². The number of carbonyl (C=O) groups excluding carboxylic acids is 1. The number of pyridine rings is 1. The van der Waals surface area contributed by atoms with Gasteiger partial charge in [-0.3, -0.25) is 9.69 Å². The molecule has 1 aliphatic rings. The molecule has 0 saturated carbocycles. The lowest BCUT2D eigenvalue weighted by molar-refractivity contribution is 0.0856. The van der Waals surface area contributed by atoms with E-state index in [0.717, 1.165) is 19.0 Å². The summed E-state index contributed by atoms with van der Waals surface area (Å²) in [5.41, 5.74) is 0.471. The topological polar surface area (TPSA) is 63.7 Å². The monoisotopic (exact) mass is 363 g/mol. The minimum atomic E-state index is -0.137. The van der Waals surface area contributed by atoms with Gasteiger partial charge in [-0.25, -0.2) is 4.98 Å². The first-order valence-corrected chi connectivity index (χ1v) is 9.62. The van der Waals surface area contributed by atoms with Crippen molar-refractivity contribution in [1.29, 1.82) is 0 Å². The van der Waals surface area contributed by atoms with E-state index in [1.165, 1.54) is 12.8 Å². The van der Waals surface area contributed by atoms with Crippen LogP contribution in [0.5, 0.6) is 5.88 Å². The standard InChI is InChI=1S/C20H33N3O3/c1-15(2)18(23-10-7-16(3)8-11-23)14-22-19(24)17-6-5-9-21-20(17)26-13-12-25-4/h5-6,9,15-16,18H,7-8,10-14H2,1-4H3,(H,22,24). The first kappa shape index (κ1) is 20.6. The van der Waals surface area contributed by atoms with Crippen LogP contribution in [0.15, 0.2) is 18.3 Å². The highest BCUT2D eigenvalue weighted by Crippen LogP contribution is 2.21. The maximum absolute atomic E-state index is 12.7. The second-order valence-corrected chi connectivity index (χ2v) is 7.44. The number of aromatic nitrogens is 1. The van der Waals surface area contributed by atoms with Crippen LogP contribution in [0.25, 0.3) is 0 Å². The second-order valence-electron chi connectivity index (χ2n) is 7.44. The van der Waals surface area contributed by atoms with Gasteiger partial charge in [0.25, 0.3) is 5.91 Å². The van der Waals surface area contributed by atoms with E-state index in [4.69, 9.17) is 9.47 Å². The molecule has 1 saturated heterocycles. The molecule has 1 amide bonds. The number of nitrogens with zero attached hydrogens (tertiary/aromatic N) is 2. The molecule has 2 heterocycles. The summed E-state index contributed by atoms with van der Waals surface area (Å²) in [6, 6.07) is 3.85. The quantitative estimate of drug-likeness (QED) is 0.683. The van der Waals surface area contributed by atoms with Gasteiger partial charge >= 0.3 is 0 Å². The highest BCUT2D eigenvalue weighted by atomic mass is 16.5. The van der Waals surface area contributed by atoms with Crippen LogP contribution in [0.4, 0.5) is 0 Å². The molecular formula is C20H33N3O3. The molecule has 1 atom stereocenters. The molecule has 6 nitrogen and oxygen atoms in total. The lowest BCUT2D eigenvalue weighted by Crippen LogP contribution is -2.49. The van der Waals surface area contributed by atoms with Crippen LogP contribution in [-0.2, 0) is 4.74 Å². The number of nitrogens with one attached hydrogen (secondary N) is 1. The largest absolute Gasteiger partial charge is 0.475 e. The summed E-state index contributed by atoms with van der Waals surface area (Å²) in [5.74, 6) is 1.50. The summed E-state index contributed by atoms with van der Waals surface area (Å²) in [5, 5.41) is 3.09. The van der Waals surface area contributed by atoms with Gasteiger partial charge in [0.05, 0.1) is 6.61 Å². The molecule has 0 bridgehead atoms. The fourth-order valence-electron chi connectivity index (χ4n) is 3.34. The minimum Gasteiger partial charge on any atom is -0.475 e. The van der Waals surface area contributed by atoms with Crippen LogP contribution in [-0.4, -0.2) is 61.8 Å². The van der Waals surface area contributed by atoms with Crippen molar-refractivity contribution in [3.05, 3.63) is 23.9 Å². The summed E-state index contributed by atoms with van der Waals surface area (Å²) in [7, 11) is 1.61. The number of amides is 1. The van der Waals surface area contributed by atoms with Crippen LogP contribution in [0.3, 0.4) is 0 Å². The number of ether oxygens (including phenoxy) is 2. The van der Waals surface area contributed by atoms with Crippen LogP contribution < -0.4 is 10.1 Å². The number of piperidine rings is 1. The molecule has 6 heteroatoms. The molecule has 0 aromatic carbocycles. The van der Waals surface area contributed by atoms with E-state index >= 15 is 0 Å². The first-order valence-electron chi connectivity index (χ1n) is 9.62. The van der Waals surface area contributed by atoms with Gasteiger partial charge < -0.3 is 14.8 Å². The summed E-state index contributed by atoms with van der Waals surface area (Å²) in [4.78, 5) is 19.4. The van der Waals surface area contributed by atoms with Crippen molar-refractivity contribution in [2.75, 3.05) is 40.0 Å². The molecule has 0 aliphatic carbocycles. The smallest absolute Gasteiger partial charge is 0.256 e. The molecule has 2 rings (SSSR count). The van der Waals surface area contributed by atoms with Crippen molar-refractivity contribution >= 4 is 5.91 Å². The average Bonchev–Trinajstić information content (AvgIpc) is 2.63. The van der Waals surface area contributed by atoms with Gasteiger partial charge in [0.2, 0.25) is 5.88 Å². The number of likely N-dealkylation sites (tertiary alicyclic amines) is 1. The Morgan fingerprint density at radius 3 is 2.73 bits per heavy atom. The van der Waals surface area contributed by atoms with Gasteiger partial charge in [-0.1, -0.05) is 20.8 Å². The molecule has 1 fully saturated rings. The third-order valence-electron chi connectivity index (χ3n) is 5.07. The Morgan fingerprint density at radius 2 is 2.08 bits per heavy atom. The lowest BCUT2D eigenvalue weighted by atomic mass is 9.94. The SMILES string of the molecule is COCCOc1ncccc1C(=O)NCC(C(C)C)N1CCC(C)CC1. The zero-order valence-corrected chi connectivity index (χ0v) is 16.5. The van der Waals surface area contributed by atoms with Gasteiger partial charge in [-0.2, -0.15) is 0 Å². The zero-order valence-electron chi connectivity index (χ0n) is 16.5. The normalized spacial score (nSPS) is 17.3. The molecule has 1 aromatic rings. The number of methoxy groups -OCH3 is 1. The number of hydrogen-bond acceptors (Lipinski definition) is 5. The van der Waals surface area contributed by atoms with E-state index in [-0.39, 0.29) is 5.91 Å². The van der Waals surface area contributed by atoms with Crippen LogP contribution >= 0.6 is 0 Å². The summed E-state index contributed by atoms with van der Waals surface area (Å²) >= 11 is 0. The minimum absolute atomic E-state index is 0.137. The number of rotatable bonds is 9. The van der Waals surface area contributed by atoms with Crippen LogP contribution in [0.2, 0.25) is 0 Å². The Hall–Kier alpha value is -1.66. The third-order valence-corrected chi connectivity index (χ3v) is 5.07. The Balaban J connectivity index is 1.95. The zero-order chi connectivity index (χ0) is 18.9. The maximum atomic E-state index is 12.7. The van der Waals surface area contributed by atoms with Crippen molar-refractivity contribution in [1.82, 2.24) is 15.2 Å². The fourth-order valence-corrected chi connectivity index (χ4v) is 3.34. The predicted octanol–water partition coefficient (Wildman–Crippen LogP) is 2.59. The molecule has 1 unspecified atom stereocenters. The predicted molar refractivity (Wildman–Crippen MR) is 103 cm³/mol. The summed E-state index contributed by atoms with van der Waals surface area (Å²) in [6.45, 7) is 10.4. The molecule has 0 radical (unpaired) electrons. The highest BCUT2D eigenvalue weighted by Gasteiger charge is 2.26. The Labute approximate surface area is 157 Å². The van der Waals surface area contributed by atoms with E-state index in [9.17, 15) is 4.79 Å². The molecule has 146 valence electrons. The number of hydrogen-bond donors (Lipinski definition) is 1. The Bertz CT molecular complexity index is 557. The van der Waals surface area contributed by atoms with Gasteiger partial charge in [-0.05, 0) is 49.9 Å². The molecule has 26 heavy (non-hydrogen) atoms. The van der Waals surface area contributed by atoms with Crippen LogP contribution in [0.1, 0.15) is 44.0 Å². The number of carbonyl (C=O) groups is 1. The molecule has 0 spiro atoms. The maximum Gasteiger partial charge on any atom is 0.256 e. The van der Waals surface area contributed by atoms with Gasteiger partial charge in [-0.15, -0.1) is 0 Å². The van der Waals surface area contributed by atoms with Gasteiger partial charge in [0.15, 0.2) is 0 Å². The Kier molecular flexibility index (Phi) is 8.32. The molecular weight excluding hydrogens is 330 g/mol. The third kappa shape index (κ3) is 5.95. The van der Waals surface area contributed by atoms with Crippen molar-refractivity contribution in [3.63, 3.8) is 0 Å². The summed E-state index contributed by atoms with van der Waals surface area (Å²) in [6.07, 6.45) is 4.10. The fraction of sp³-hybridized carbons (Fsp3) is 0.700. The van der Waals surface area contributed by atoms with Crippen LogP contribution in [0, 0.1) is 11.8 Å². The molecule has 1 aromatic heterocycles.